The van der Waals surface area contributed by atoms with Crippen molar-refractivity contribution in [1.82, 2.24) is 4.90 Å². The molecular weight excluding hydrogens is 268 g/mol. The summed E-state index contributed by atoms with van der Waals surface area (Å²) in [7, 11) is 0. The third kappa shape index (κ3) is 6.29. The van der Waals surface area contributed by atoms with Gasteiger partial charge in [0.15, 0.2) is 0 Å². The van der Waals surface area contributed by atoms with Crippen molar-refractivity contribution < 1.29 is 14.7 Å². The number of rotatable bonds is 8. The minimum Gasteiger partial charge on any atom is -0.480 e. The molecule has 0 saturated carbocycles. The predicted octanol–water partition coefficient (Wildman–Crippen LogP) is 3.36. The van der Waals surface area contributed by atoms with E-state index in [2.05, 4.69) is 12.2 Å². The Morgan fingerprint density at radius 3 is 2.33 bits per heavy atom. The highest BCUT2D eigenvalue weighted by Gasteiger charge is 2.15. The van der Waals surface area contributed by atoms with Crippen LogP contribution in [0.25, 0.3) is 0 Å². The van der Waals surface area contributed by atoms with Crippen LogP contribution in [0.4, 0.5) is 10.5 Å². The lowest BCUT2D eigenvalue weighted by molar-refractivity contribution is -0.137. The molecule has 0 unspecified atom stereocenters. The van der Waals surface area contributed by atoms with Gasteiger partial charge in [0.1, 0.15) is 6.54 Å². The summed E-state index contributed by atoms with van der Waals surface area (Å²) in [5, 5.41) is 11.6. The van der Waals surface area contributed by atoms with Gasteiger partial charge in [0.25, 0.3) is 0 Å². The number of nitrogens with zero attached hydrogens (tertiary/aromatic N) is 1. The molecule has 5 heteroatoms. The maximum absolute atomic E-state index is 12.0. The molecule has 0 aliphatic heterocycles. The molecule has 0 saturated heterocycles. The first-order chi connectivity index (χ1) is 10.1. The van der Waals surface area contributed by atoms with E-state index in [0.717, 1.165) is 25.7 Å². The number of hydrogen-bond acceptors (Lipinski definition) is 2. The summed E-state index contributed by atoms with van der Waals surface area (Å²) in [6.45, 7) is 4.20. The minimum absolute atomic E-state index is 0.283. The van der Waals surface area contributed by atoms with Gasteiger partial charge in [0, 0.05) is 12.2 Å². The zero-order chi connectivity index (χ0) is 15.7. The number of hydrogen-bond donors (Lipinski definition) is 2. The molecule has 5 nitrogen and oxygen atoms in total. The lowest BCUT2D eigenvalue weighted by atomic mass is 10.1. The number of unbranched alkanes of at least 4 members (excludes halogenated alkanes) is 1. The number of aliphatic carboxylic acids is 1. The average molecular weight is 292 g/mol. The van der Waals surface area contributed by atoms with Crippen molar-refractivity contribution in [3.8, 4) is 0 Å². The smallest absolute Gasteiger partial charge is 0.323 e. The Balaban J connectivity index is 2.61. The van der Waals surface area contributed by atoms with E-state index >= 15 is 0 Å². The zero-order valence-corrected chi connectivity index (χ0v) is 12.8. The molecule has 21 heavy (non-hydrogen) atoms. The van der Waals surface area contributed by atoms with Gasteiger partial charge < -0.3 is 15.3 Å². The topological polar surface area (TPSA) is 69.6 Å². The Labute approximate surface area is 126 Å². The van der Waals surface area contributed by atoms with Crippen molar-refractivity contribution in [2.24, 2.45) is 0 Å². The normalized spacial score (nSPS) is 10.2. The lowest BCUT2D eigenvalue weighted by Gasteiger charge is -2.20. The number of nitrogens with one attached hydrogen (secondary N) is 1. The van der Waals surface area contributed by atoms with Gasteiger partial charge in [-0.3, -0.25) is 4.79 Å². The first-order valence-corrected chi connectivity index (χ1v) is 7.43. The fraction of sp³-hybridized carbons (Fsp3) is 0.500. The number of carboxylic acid groups (broad SMARTS) is 1. The van der Waals surface area contributed by atoms with Crippen LogP contribution in [0.2, 0.25) is 0 Å². The average Bonchev–Trinajstić information content (AvgIpc) is 2.45. The molecule has 0 aliphatic rings. The molecule has 1 aromatic carbocycles. The maximum Gasteiger partial charge on any atom is 0.323 e. The Hall–Kier alpha value is -2.04. The number of carboxylic acids is 1. The van der Waals surface area contributed by atoms with E-state index in [1.807, 2.05) is 31.2 Å². The molecular formula is C16H24N2O3. The maximum atomic E-state index is 12.0. The van der Waals surface area contributed by atoms with Crippen molar-refractivity contribution in [2.45, 2.75) is 39.5 Å². The second-order valence-corrected chi connectivity index (χ2v) is 5.05. The number of carbonyl (C=O) groups is 2. The van der Waals surface area contributed by atoms with E-state index < -0.39 is 5.97 Å². The number of anilines is 1. The molecule has 0 aromatic heterocycles. The summed E-state index contributed by atoms with van der Waals surface area (Å²) in [5.74, 6) is -1.01. The molecule has 1 aromatic rings. The van der Waals surface area contributed by atoms with Gasteiger partial charge in [-0.1, -0.05) is 32.4 Å². The molecule has 0 aliphatic carbocycles. The Bertz CT molecular complexity index is 457. The summed E-state index contributed by atoms with van der Waals surface area (Å²) in [5.41, 5.74) is 1.93. The van der Waals surface area contributed by atoms with Gasteiger partial charge in [-0.2, -0.15) is 0 Å². The van der Waals surface area contributed by atoms with Crippen LogP contribution in [0.5, 0.6) is 0 Å². The molecule has 2 amide bonds. The summed E-state index contributed by atoms with van der Waals surface area (Å²) in [6.07, 6.45) is 4.05. The predicted molar refractivity (Wildman–Crippen MR) is 83.6 cm³/mol. The van der Waals surface area contributed by atoms with Crippen LogP contribution in [0.3, 0.4) is 0 Å². The van der Waals surface area contributed by atoms with Crippen molar-refractivity contribution in [3.05, 3.63) is 29.8 Å². The summed E-state index contributed by atoms with van der Waals surface area (Å²) < 4.78 is 0. The summed E-state index contributed by atoms with van der Waals surface area (Å²) in [6, 6.07) is 7.32. The van der Waals surface area contributed by atoms with Crippen LogP contribution in [0, 0.1) is 0 Å². The van der Waals surface area contributed by atoms with Crippen LogP contribution in [-0.4, -0.2) is 35.1 Å². The van der Waals surface area contributed by atoms with E-state index in [9.17, 15) is 9.59 Å². The van der Waals surface area contributed by atoms with E-state index in [1.54, 1.807) is 0 Å². The third-order valence-electron chi connectivity index (χ3n) is 3.13. The van der Waals surface area contributed by atoms with Gasteiger partial charge >= 0.3 is 12.0 Å². The monoisotopic (exact) mass is 292 g/mol. The first-order valence-electron chi connectivity index (χ1n) is 7.43. The molecule has 2 N–H and O–H groups in total. The number of amides is 2. The molecule has 0 radical (unpaired) electrons. The van der Waals surface area contributed by atoms with Gasteiger partial charge in [0.05, 0.1) is 0 Å². The molecule has 0 atom stereocenters. The molecule has 0 heterocycles. The minimum atomic E-state index is -1.01. The van der Waals surface area contributed by atoms with Crippen LogP contribution >= 0.6 is 0 Å². The van der Waals surface area contributed by atoms with Crippen molar-refractivity contribution in [1.29, 1.82) is 0 Å². The molecule has 0 spiro atoms. The molecule has 0 fully saturated rings. The van der Waals surface area contributed by atoms with Gasteiger partial charge in [-0.25, -0.2) is 4.79 Å². The first kappa shape index (κ1) is 17.0. The third-order valence-corrected chi connectivity index (χ3v) is 3.13. The van der Waals surface area contributed by atoms with Crippen LogP contribution < -0.4 is 5.32 Å². The Morgan fingerprint density at radius 1 is 1.14 bits per heavy atom. The summed E-state index contributed by atoms with van der Waals surface area (Å²) in [4.78, 5) is 24.1. The number of urea groups is 1. The quantitative estimate of drug-likeness (QED) is 0.772. The second-order valence-electron chi connectivity index (χ2n) is 5.05. The van der Waals surface area contributed by atoms with Gasteiger partial charge in [-0.15, -0.1) is 0 Å². The molecule has 1 rings (SSSR count). The number of carbonyl (C=O) groups excluding carboxylic acids is 1. The zero-order valence-electron chi connectivity index (χ0n) is 12.8. The van der Waals surface area contributed by atoms with Crippen molar-refractivity contribution in [3.63, 3.8) is 0 Å². The SMILES string of the molecule is CCCCc1ccc(NC(=O)N(CCC)CC(=O)O)cc1. The second kappa shape index (κ2) is 9.00. The van der Waals surface area contributed by atoms with Gasteiger partial charge in [0.2, 0.25) is 0 Å². The van der Waals surface area contributed by atoms with E-state index in [4.69, 9.17) is 5.11 Å². The van der Waals surface area contributed by atoms with Crippen LogP contribution in [0.15, 0.2) is 24.3 Å². The Kier molecular flexibility index (Phi) is 7.29. The lowest BCUT2D eigenvalue weighted by Crippen LogP contribution is -2.39. The van der Waals surface area contributed by atoms with E-state index in [1.165, 1.54) is 10.5 Å². The highest BCUT2D eigenvalue weighted by molar-refractivity contribution is 5.91. The fourth-order valence-corrected chi connectivity index (χ4v) is 2.02. The highest BCUT2D eigenvalue weighted by Crippen LogP contribution is 2.12. The van der Waals surface area contributed by atoms with Crippen LogP contribution in [0.1, 0.15) is 38.7 Å². The molecule has 116 valence electrons. The molecule has 0 bridgehead atoms. The fourth-order valence-electron chi connectivity index (χ4n) is 2.02. The van der Waals surface area contributed by atoms with E-state index in [0.29, 0.717) is 12.2 Å². The van der Waals surface area contributed by atoms with Crippen LogP contribution in [-0.2, 0) is 11.2 Å². The number of benzene rings is 1. The Morgan fingerprint density at radius 2 is 1.81 bits per heavy atom. The largest absolute Gasteiger partial charge is 0.480 e. The van der Waals surface area contributed by atoms with Crippen molar-refractivity contribution in [2.75, 3.05) is 18.4 Å². The number of aryl methyl sites for hydroxylation is 1. The van der Waals surface area contributed by atoms with Gasteiger partial charge in [-0.05, 0) is 37.0 Å². The summed E-state index contributed by atoms with van der Waals surface area (Å²) >= 11 is 0. The highest BCUT2D eigenvalue weighted by atomic mass is 16.4. The van der Waals surface area contributed by atoms with E-state index in [-0.39, 0.29) is 12.6 Å². The van der Waals surface area contributed by atoms with Crippen molar-refractivity contribution >= 4 is 17.7 Å². The standard InChI is InChI=1S/C16H24N2O3/c1-3-5-6-13-7-9-14(10-8-13)17-16(21)18(11-4-2)12-15(19)20/h7-10H,3-6,11-12H2,1-2H3,(H,17,21)(H,19,20).